The van der Waals surface area contributed by atoms with Gasteiger partial charge in [-0.2, -0.15) is 0 Å². The first-order valence-corrected chi connectivity index (χ1v) is 20.3. The number of rotatable bonds is 22. The molecular weight excluding hydrogens is 786 g/mol. The Morgan fingerprint density at radius 2 is 0.932 bits per heavy atom. The van der Waals surface area contributed by atoms with Gasteiger partial charge in [-0.25, -0.2) is 0 Å². The summed E-state index contributed by atoms with van der Waals surface area (Å²) in [5, 5.41) is 70.3. The van der Waals surface area contributed by atoms with E-state index in [4.69, 9.17) is 33.2 Å². The lowest BCUT2D eigenvalue weighted by atomic mass is 9.85. The van der Waals surface area contributed by atoms with E-state index in [2.05, 4.69) is 16.0 Å². The molecule has 340 valence electrons. The van der Waals surface area contributed by atoms with Crippen LogP contribution in [0.3, 0.4) is 0 Å². The second kappa shape index (κ2) is 25.0. The van der Waals surface area contributed by atoms with Gasteiger partial charge in [0, 0.05) is 33.6 Å². The first-order chi connectivity index (χ1) is 28.1. The van der Waals surface area contributed by atoms with Gasteiger partial charge in [-0.3, -0.25) is 24.0 Å². The van der Waals surface area contributed by atoms with Crippen molar-refractivity contribution in [1.29, 1.82) is 0 Å². The molecule has 0 spiro atoms. The summed E-state index contributed by atoms with van der Waals surface area (Å²) in [6.45, 7) is 4.42. The van der Waals surface area contributed by atoms with Gasteiger partial charge in [0.2, 0.25) is 17.7 Å². The Balaban J connectivity index is 1.89. The topological polar surface area (TPSA) is 307 Å². The van der Waals surface area contributed by atoms with Crippen LogP contribution in [0.5, 0.6) is 0 Å². The molecule has 21 heteroatoms. The number of aliphatic hydroxyl groups excluding tert-OH is 6. The highest BCUT2D eigenvalue weighted by Gasteiger charge is 2.51. The largest absolute Gasteiger partial charge is 0.460 e. The van der Waals surface area contributed by atoms with Crippen LogP contribution < -0.4 is 16.0 Å². The minimum atomic E-state index is -1.64. The second-order valence-corrected chi connectivity index (χ2v) is 15.2. The van der Waals surface area contributed by atoms with Crippen molar-refractivity contribution < 1.29 is 87.8 Å². The molecule has 3 rings (SSSR count). The first kappa shape index (κ1) is 50.3. The summed E-state index contributed by atoms with van der Waals surface area (Å²) < 4.78 is 41.5. The highest BCUT2D eigenvalue weighted by molar-refractivity contribution is 5.74. The van der Waals surface area contributed by atoms with E-state index >= 15 is 0 Å². The zero-order chi connectivity index (χ0) is 43.8. The monoisotopic (exact) mass is 851 g/mol. The molecule has 3 aliphatic heterocycles. The van der Waals surface area contributed by atoms with Gasteiger partial charge in [0.25, 0.3) is 0 Å². The molecule has 0 saturated carbocycles. The smallest absolute Gasteiger partial charge is 0.306 e. The maximum atomic E-state index is 13.2. The van der Waals surface area contributed by atoms with Crippen LogP contribution in [-0.2, 0) is 57.1 Å². The third-order valence-corrected chi connectivity index (χ3v) is 10.6. The van der Waals surface area contributed by atoms with Gasteiger partial charge in [-0.05, 0) is 12.8 Å². The van der Waals surface area contributed by atoms with Crippen LogP contribution in [0.4, 0.5) is 0 Å². The van der Waals surface area contributed by atoms with E-state index in [-0.39, 0.29) is 39.3 Å². The molecule has 0 radical (unpaired) electrons. The highest BCUT2D eigenvalue weighted by atomic mass is 16.6. The number of amides is 3. The fourth-order valence-corrected chi connectivity index (χ4v) is 7.58. The van der Waals surface area contributed by atoms with Gasteiger partial charge in [-0.15, -0.1) is 0 Å². The van der Waals surface area contributed by atoms with E-state index in [0.29, 0.717) is 25.7 Å². The molecule has 0 bridgehead atoms. The molecule has 3 heterocycles. The molecule has 0 aliphatic carbocycles. The van der Waals surface area contributed by atoms with Crippen molar-refractivity contribution in [3.05, 3.63) is 0 Å². The van der Waals surface area contributed by atoms with Gasteiger partial charge < -0.3 is 79.7 Å². The van der Waals surface area contributed by atoms with Crippen molar-refractivity contribution in [3.63, 3.8) is 0 Å². The van der Waals surface area contributed by atoms with E-state index < -0.39 is 141 Å². The van der Waals surface area contributed by atoms with Gasteiger partial charge in [0.05, 0.1) is 82.4 Å². The third kappa shape index (κ3) is 14.5. The number of hydrogen-bond acceptors (Lipinski definition) is 18. The number of ether oxygens (including phenoxy) is 7. The average Bonchev–Trinajstić information content (AvgIpc) is 3.18. The van der Waals surface area contributed by atoms with Crippen molar-refractivity contribution in [2.45, 2.75) is 152 Å². The Kier molecular flexibility index (Phi) is 21.3. The number of carbonyl (C=O) groups is 5. The zero-order valence-electron chi connectivity index (χ0n) is 34.4. The molecule has 21 nitrogen and oxygen atoms in total. The lowest BCUT2D eigenvalue weighted by molar-refractivity contribution is -0.253. The average molecular weight is 852 g/mol. The Bertz CT molecular complexity index is 1340. The number of hydrogen-bond donors (Lipinski definition) is 9. The molecule has 3 saturated heterocycles. The molecule has 0 aromatic rings. The molecule has 59 heavy (non-hydrogen) atoms. The number of aliphatic hydroxyl groups is 6. The van der Waals surface area contributed by atoms with Gasteiger partial charge >= 0.3 is 11.9 Å². The second-order valence-electron chi connectivity index (χ2n) is 15.2. The molecule has 15 atom stereocenters. The quantitative estimate of drug-likeness (QED) is 0.0488. The van der Waals surface area contributed by atoms with Crippen molar-refractivity contribution in [3.8, 4) is 0 Å². The molecule has 0 aromatic carbocycles. The Labute approximate surface area is 343 Å². The molecule has 3 fully saturated rings. The zero-order valence-corrected chi connectivity index (χ0v) is 34.4. The van der Waals surface area contributed by atoms with Gasteiger partial charge in [0.15, 0.2) is 6.29 Å². The van der Waals surface area contributed by atoms with Crippen molar-refractivity contribution in [2.75, 3.05) is 46.2 Å². The first-order valence-electron chi connectivity index (χ1n) is 20.3. The summed E-state index contributed by atoms with van der Waals surface area (Å²) in [7, 11) is 0. The molecule has 3 amide bonds. The fourth-order valence-electron chi connectivity index (χ4n) is 7.58. The summed E-state index contributed by atoms with van der Waals surface area (Å²) >= 11 is 0. The SMILES string of the molecule is CCCCC(=O)O[C@@H]1C(NC(C)=O)[C@H](O)OC(CO)[C@H]1COC[C@@H]1OC(CO)[C@@H](COC[C@@H]2OC(CO)[C@@H](O)[C@H](O)C2NC(C)=O)[C@H](OC(=O)CCCC)C1NC(C)=O. The Hall–Kier alpha value is -3.09. The van der Waals surface area contributed by atoms with Crippen molar-refractivity contribution in [1.82, 2.24) is 16.0 Å². The van der Waals surface area contributed by atoms with Crippen molar-refractivity contribution in [2.24, 2.45) is 11.8 Å². The van der Waals surface area contributed by atoms with E-state index in [1.54, 1.807) is 0 Å². The number of nitrogens with one attached hydrogen (secondary N) is 3. The minimum absolute atomic E-state index is 0.0418. The minimum Gasteiger partial charge on any atom is -0.460 e. The highest BCUT2D eigenvalue weighted by Crippen LogP contribution is 2.33. The number of unbranched alkanes of at least 4 members (excludes halogenated alkanes) is 2. The van der Waals surface area contributed by atoms with Crippen LogP contribution in [0.25, 0.3) is 0 Å². The Morgan fingerprint density at radius 3 is 1.39 bits per heavy atom. The Morgan fingerprint density at radius 1 is 0.525 bits per heavy atom. The van der Waals surface area contributed by atoms with Crippen LogP contribution in [-0.4, -0.2) is 186 Å². The van der Waals surface area contributed by atoms with Crippen LogP contribution in [0, 0.1) is 11.8 Å². The molecule has 3 aliphatic rings. The van der Waals surface area contributed by atoms with Crippen LogP contribution >= 0.6 is 0 Å². The number of carbonyl (C=O) groups excluding carboxylic acids is 5. The van der Waals surface area contributed by atoms with E-state index in [9.17, 15) is 54.6 Å². The summed E-state index contributed by atoms with van der Waals surface area (Å²) in [6.07, 6.45) is -10.0. The predicted molar refractivity (Wildman–Crippen MR) is 202 cm³/mol. The summed E-state index contributed by atoms with van der Waals surface area (Å²) in [5.41, 5.74) is 0. The van der Waals surface area contributed by atoms with Crippen LogP contribution in [0.15, 0.2) is 0 Å². The van der Waals surface area contributed by atoms with E-state index in [1.807, 2.05) is 13.8 Å². The van der Waals surface area contributed by atoms with E-state index in [0.717, 1.165) is 0 Å². The molecular formula is C38H65N3O18. The predicted octanol–water partition coefficient (Wildman–Crippen LogP) is -3.08. The molecule has 9 N–H and O–H groups in total. The maximum Gasteiger partial charge on any atom is 0.306 e. The normalized spacial score (nSPS) is 34.7. The van der Waals surface area contributed by atoms with E-state index in [1.165, 1.54) is 20.8 Å². The van der Waals surface area contributed by atoms with Crippen LogP contribution in [0.1, 0.15) is 73.1 Å². The van der Waals surface area contributed by atoms with Crippen molar-refractivity contribution >= 4 is 29.7 Å². The summed E-state index contributed by atoms with van der Waals surface area (Å²) in [6, 6.07) is -3.43. The summed E-state index contributed by atoms with van der Waals surface area (Å²) in [4.78, 5) is 62.7. The summed E-state index contributed by atoms with van der Waals surface area (Å²) in [5.74, 6) is -4.65. The van der Waals surface area contributed by atoms with Gasteiger partial charge in [0.1, 0.15) is 48.8 Å². The molecule has 6 unspecified atom stereocenters. The molecule has 0 aromatic heterocycles. The number of esters is 2. The van der Waals surface area contributed by atoms with Gasteiger partial charge in [-0.1, -0.05) is 26.7 Å². The van der Waals surface area contributed by atoms with Crippen LogP contribution in [0.2, 0.25) is 0 Å². The lowest BCUT2D eigenvalue weighted by Gasteiger charge is -2.47. The maximum absolute atomic E-state index is 13.2. The standard InChI is InChI=1S/C38H65N3O18/c1-6-8-10-29(48)58-36-22(15-53-17-27-31(39-19(3)45)35(51)34(50)26(14-44)56-27)24(12-42)55-28(32(36)40-20(4)46)18-54-16-23-25(13-43)57-38(52)33(41-21(5)47)37(23)59-30(49)11-9-7-2/h22-28,31-38,42-44,50-52H,6-18H2,1-5H3,(H,39,45)(H,40,46)(H,41,47)/t22-,23-,24?,25?,26?,27+,28+,31?,32?,33?,34-,35-,36+,37+,38-/m1/s1. The lowest BCUT2D eigenvalue weighted by Crippen LogP contribution is -2.66. The third-order valence-electron chi connectivity index (χ3n) is 10.6. The fraction of sp³-hybridized carbons (Fsp3) is 0.868.